The highest BCUT2D eigenvalue weighted by Gasteiger charge is 2.39. The molecule has 1 N–H and O–H groups in total. The monoisotopic (exact) mass is 510 g/mol. The Kier molecular flexibility index (Phi) is 11.7. The molecule has 0 bridgehead atoms. The molecule has 0 aliphatic carbocycles. The molecular weight excluding hydrogens is 472 g/mol. The van der Waals surface area contributed by atoms with Crippen LogP contribution in [0, 0.1) is 0 Å². The van der Waals surface area contributed by atoms with E-state index in [4.69, 9.17) is 9.47 Å². The van der Waals surface area contributed by atoms with Crippen molar-refractivity contribution in [2.45, 2.75) is 76.1 Å². The maximum atomic E-state index is 13.2. The maximum absolute atomic E-state index is 13.2. The van der Waals surface area contributed by atoms with Crippen molar-refractivity contribution in [1.29, 1.82) is 0 Å². The first-order valence-electron chi connectivity index (χ1n) is 11.8. The highest BCUT2D eigenvalue weighted by molar-refractivity contribution is 8.03. The zero-order valence-electron chi connectivity index (χ0n) is 20.9. The van der Waals surface area contributed by atoms with E-state index in [1.165, 1.54) is 4.90 Å². The Hall–Kier alpha value is -1.71. The molecule has 3 atom stereocenters. The molecule has 34 heavy (non-hydrogen) atoms. The average molecular weight is 511 g/mol. The standard InChI is InChI=1S/C25H38N2O5S2/c1-6-31-23(29)20(17-33-15-16-34-19-11-8-7-9-12-19)26-18(2)22(28)27-14-10-13-21(27)24(30)32-25(3,4)5/h7-9,11-12,18,20-21,26H,6,10,13-17H2,1-5H3/t18?,20-,21-/m0/s1. The Morgan fingerprint density at radius 1 is 1.18 bits per heavy atom. The van der Waals surface area contributed by atoms with Crippen LogP contribution >= 0.6 is 23.5 Å². The normalized spacial score (nSPS) is 17.8. The van der Waals surface area contributed by atoms with Gasteiger partial charge in [-0.15, -0.1) is 11.8 Å². The van der Waals surface area contributed by atoms with Crippen molar-refractivity contribution in [2.24, 2.45) is 0 Å². The molecule has 1 heterocycles. The fraction of sp³-hybridized carbons (Fsp3) is 0.640. The molecule has 1 amide bonds. The zero-order valence-corrected chi connectivity index (χ0v) is 22.5. The van der Waals surface area contributed by atoms with Crippen LogP contribution in [0.15, 0.2) is 35.2 Å². The van der Waals surface area contributed by atoms with Crippen molar-refractivity contribution in [2.75, 3.05) is 30.4 Å². The molecule has 1 aliphatic heterocycles. The second-order valence-corrected chi connectivity index (χ2v) is 11.5. The van der Waals surface area contributed by atoms with Crippen LogP contribution in [0.25, 0.3) is 0 Å². The summed E-state index contributed by atoms with van der Waals surface area (Å²) in [5.41, 5.74) is -0.608. The number of benzene rings is 1. The Morgan fingerprint density at radius 3 is 2.53 bits per heavy atom. The third kappa shape index (κ3) is 9.50. The molecule has 1 fully saturated rings. The maximum Gasteiger partial charge on any atom is 0.329 e. The fourth-order valence-electron chi connectivity index (χ4n) is 3.63. The quantitative estimate of drug-likeness (QED) is 0.259. The Morgan fingerprint density at radius 2 is 1.88 bits per heavy atom. The summed E-state index contributed by atoms with van der Waals surface area (Å²) in [6.45, 7) is 9.73. The summed E-state index contributed by atoms with van der Waals surface area (Å²) in [4.78, 5) is 41.1. The molecule has 0 spiro atoms. The summed E-state index contributed by atoms with van der Waals surface area (Å²) in [6.07, 6.45) is 1.34. The third-order valence-electron chi connectivity index (χ3n) is 5.13. The van der Waals surface area contributed by atoms with Gasteiger partial charge in [0.15, 0.2) is 0 Å². The van der Waals surface area contributed by atoms with Gasteiger partial charge in [0.2, 0.25) is 5.91 Å². The Labute approximate surface area is 212 Å². The number of carbonyl (C=O) groups is 3. The molecule has 0 radical (unpaired) electrons. The van der Waals surface area contributed by atoms with E-state index in [2.05, 4.69) is 17.4 Å². The average Bonchev–Trinajstić information content (AvgIpc) is 3.27. The molecule has 0 aromatic heterocycles. The number of nitrogens with one attached hydrogen (secondary N) is 1. The first-order chi connectivity index (χ1) is 16.1. The second kappa shape index (κ2) is 14.0. The number of hydrogen-bond donors (Lipinski definition) is 1. The van der Waals surface area contributed by atoms with Crippen LogP contribution in [0.5, 0.6) is 0 Å². The minimum Gasteiger partial charge on any atom is -0.465 e. The van der Waals surface area contributed by atoms with Crippen molar-refractivity contribution in [3.05, 3.63) is 30.3 Å². The minimum atomic E-state index is -0.628. The van der Waals surface area contributed by atoms with Gasteiger partial charge in [-0.3, -0.25) is 14.9 Å². The number of likely N-dealkylation sites (tertiary alicyclic amines) is 1. The number of amides is 1. The lowest BCUT2D eigenvalue weighted by Gasteiger charge is -2.30. The predicted octanol–water partition coefficient (Wildman–Crippen LogP) is 3.75. The summed E-state index contributed by atoms with van der Waals surface area (Å²) in [5, 5.41) is 3.15. The number of rotatable bonds is 12. The van der Waals surface area contributed by atoms with Gasteiger partial charge in [-0.2, -0.15) is 11.8 Å². The molecule has 1 unspecified atom stereocenters. The van der Waals surface area contributed by atoms with Crippen LogP contribution in [0.4, 0.5) is 0 Å². The second-order valence-electron chi connectivity index (χ2n) is 9.15. The van der Waals surface area contributed by atoms with E-state index in [1.807, 2.05) is 39.0 Å². The van der Waals surface area contributed by atoms with E-state index in [-0.39, 0.29) is 24.5 Å². The third-order valence-corrected chi connectivity index (χ3v) is 7.47. The van der Waals surface area contributed by atoms with Crippen LogP contribution < -0.4 is 5.32 Å². The SMILES string of the molecule is CCOC(=O)[C@H](CSCCSc1ccccc1)NC(C)C(=O)N1CCC[C@H]1C(=O)OC(C)(C)C. The van der Waals surface area contributed by atoms with Crippen molar-refractivity contribution < 1.29 is 23.9 Å². The van der Waals surface area contributed by atoms with E-state index in [0.717, 1.165) is 17.9 Å². The molecule has 1 aromatic rings. The van der Waals surface area contributed by atoms with Gasteiger partial charge in [0.05, 0.1) is 12.6 Å². The molecule has 7 nitrogen and oxygen atoms in total. The van der Waals surface area contributed by atoms with Gasteiger partial charge in [0, 0.05) is 28.7 Å². The number of esters is 2. The summed E-state index contributed by atoms with van der Waals surface area (Å²) < 4.78 is 10.7. The topological polar surface area (TPSA) is 84.9 Å². The molecule has 0 saturated carbocycles. The lowest BCUT2D eigenvalue weighted by Crippen LogP contribution is -2.54. The van der Waals surface area contributed by atoms with Crippen molar-refractivity contribution in [1.82, 2.24) is 10.2 Å². The lowest BCUT2D eigenvalue weighted by molar-refractivity contribution is -0.163. The molecule has 2 rings (SSSR count). The highest BCUT2D eigenvalue weighted by Crippen LogP contribution is 2.23. The number of carbonyl (C=O) groups excluding carboxylic acids is 3. The first kappa shape index (κ1) is 28.5. The van der Waals surface area contributed by atoms with E-state index >= 15 is 0 Å². The minimum absolute atomic E-state index is 0.202. The largest absolute Gasteiger partial charge is 0.465 e. The molecular formula is C25H38N2O5S2. The van der Waals surface area contributed by atoms with Crippen LogP contribution in [0.2, 0.25) is 0 Å². The van der Waals surface area contributed by atoms with Gasteiger partial charge in [-0.1, -0.05) is 18.2 Å². The van der Waals surface area contributed by atoms with E-state index in [9.17, 15) is 14.4 Å². The first-order valence-corrected chi connectivity index (χ1v) is 14.0. The summed E-state index contributed by atoms with van der Waals surface area (Å²) in [7, 11) is 0. The van der Waals surface area contributed by atoms with Crippen molar-refractivity contribution in [3.8, 4) is 0 Å². The lowest BCUT2D eigenvalue weighted by atomic mass is 10.1. The molecule has 9 heteroatoms. The number of thioether (sulfide) groups is 2. The smallest absolute Gasteiger partial charge is 0.329 e. The van der Waals surface area contributed by atoms with Gasteiger partial charge in [-0.05, 0) is 59.6 Å². The van der Waals surface area contributed by atoms with Gasteiger partial charge in [-0.25, -0.2) is 4.79 Å². The van der Waals surface area contributed by atoms with Gasteiger partial charge >= 0.3 is 11.9 Å². The van der Waals surface area contributed by atoms with E-state index < -0.39 is 23.7 Å². The Balaban J connectivity index is 1.90. The van der Waals surface area contributed by atoms with Crippen LogP contribution in [-0.4, -0.2) is 76.9 Å². The molecule has 1 aliphatic rings. The number of hydrogen-bond acceptors (Lipinski definition) is 8. The molecule has 1 saturated heterocycles. The van der Waals surface area contributed by atoms with E-state index in [1.54, 1.807) is 42.3 Å². The van der Waals surface area contributed by atoms with Crippen LogP contribution in [-0.2, 0) is 23.9 Å². The van der Waals surface area contributed by atoms with Crippen LogP contribution in [0.3, 0.4) is 0 Å². The van der Waals surface area contributed by atoms with Crippen molar-refractivity contribution >= 4 is 41.4 Å². The van der Waals surface area contributed by atoms with E-state index in [0.29, 0.717) is 18.7 Å². The van der Waals surface area contributed by atoms with Crippen LogP contribution in [0.1, 0.15) is 47.5 Å². The fourth-order valence-corrected chi connectivity index (χ4v) is 5.66. The molecule has 190 valence electrons. The number of ether oxygens (including phenoxy) is 2. The molecule has 1 aromatic carbocycles. The summed E-state index contributed by atoms with van der Waals surface area (Å²) in [5.74, 6) is 1.35. The van der Waals surface area contributed by atoms with Gasteiger partial charge in [0.25, 0.3) is 0 Å². The predicted molar refractivity (Wildman–Crippen MR) is 138 cm³/mol. The summed E-state index contributed by atoms with van der Waals surface area (Å²) in [6, 6.07) is 8.37. The number of nitrogens with zero attached hydrogens (tertiary/aromatic N) is 1. The highest BCUT2D eigenvalue weighted by atomic mass is 32.2. The Bertz CT molecular complexity index is 800. The van der Waals surface area contributed by atoms with Gasteiger partial charge < -0.3 is 14.4 Å². The zero-order chi connectivity index (χ0) is 25.1. The summed E-state index contributed by atoms with van der Waals surface area (Å²) >= 11 is 3.42. The van der Waals surface area contributed by atoms with Gasteiger partial charge in [0.1, 0.15) is 17.7 Å². The van der Waals surface area contributed by atoms with Crippen molar-refractivity contribution in [3.63, 3.8) is 0 Å².